The van der Waals surface area contributed by atoms with Crippen LogP contribution in [0.25, 0.3) is 11.4 Å². The molecule has 2 aromatic carbocycles. The highest BCUT2D eigenvalue weighted by molar-refractivity contribution is 5.58. The Bertz CT molecular complexity index is 1180. The average Bonchev–Trinajstić information content (AvgIpc) is 3.22. The molecule has 0 bridgehead atoms. The summed E-state index contributed by atoms with van der Waals surface area (Å²) in [4.78, 5) is 11.8. The molecule has 0 saturated carbocycles. The van der Waals surface area contributed by atoms with Crippen molar-refractivity contribution in [3.05, 3.63) is 101 Å². The molecule has 31 heavy (non-hydrogen) atoms. The predicted octanol–water partition coefficient (Wildman–Crippen LogP) is 4.27. The van der Waals surface area contributed by atoms with Gasteiger partial charge in [0.2, 0.25) is 0 Å². The minimum absolute atomic E-state index is 0.203. The third kappa shape index (κ3) is 4.34. The Hall–Kier alpha value is -3.51. The van der Waals surface area contributed by atoms with Crippen molar-refractivity contribution in [3.8, 4) is 11.4 Å². The van der Waals surface area contributed by atoms with Crippen LogP contribution in [0.3, 0.4) is 0 Å². The summed E-state index contributed by atoms with van der Waals surface area (Å²) >= 11 is 0. The summed E-state index contributed by atoms with van der Waals surface area (Å²) in [6.45, 7) is 3.38. The van der Waals surface area contributed by atoms with Crippen molar-refractivity contribution in [3.63, 3.8) is 0 Å². The third-order valence-electron chi connectivity index (χ3n) is 5.76. The van der Waals surface area contributed by atoms with Gasteiger partial charge in [0.1, 0.15) is 5.82 Å². The third-order valence-corrected chi connectivity index (χ3v) is 5.76. The normalized spacial score (nSPS) is 13.8. The number of hydrogen-bond acceptors (Lipinski definition) is 4. The lowest BCUT2D eigenvalue weighted by Crippen LogP contribution is -2.31. The SMILES string of the molecule is Nc1ccc(-c2ncc3c(n2)CCN(Cc2cccn2Cc2ccc(F)cc2)C3)cc1. The molecule has 5 nitrogen and oxygen atoms in total. The average molecular weight is 414 g/mol. The van der Waals surface area contributed by atoms with Gasteiger partial charge in [-0.1, -0.05) is 12.1 Å². The van der Waals surface area contributed by atoms with Gasteiger partial charge < -0.3 is 10.3 Å². The molecular formula is C25H24FN5. The number of fused-ring (bicyclic) bond motifs is 1. The monoisotopic (exact) mass is 413 g/mol. The predicted molar refractivity (Wildman–Crippen MR) is 120 cm³/mol. The fourth-order valence-electron chi connectivity index (χ4n) is 4.04. The molecule has 0 aliphatic carbocycles. The number of benzene rings is 2. The summed E-state index contributed by atoms with van der Waals surface area (Å²) < 4.78 is 15.4. The summed E-state index contributed by atoms with van der Waals surface area (Å²) in [5, 5.41) is 0. The summed E-state index contributed by atoms with van der Waals surface area (Å²) in [5.74, 6) is 0.547. The van der Waals surface area contributed by atoms with Gasteiger partial charge in [0.05, 0.1) is 5.69 Å². The van der Waals surface area contributed by atoms with E-state index in [2.05, 4.69) is 32.8 Å². The Labute approximate surface area is 181 Å². The molecule has 0 amide bonds. The van der Waals surface area contributed by atoms with Crippen molar-refractivity contribution in [2.45, 2.75) is 26.1 Å². The van der Waals surface area contributed by atoms with Crippen molar-refractivity contribution in [1.29, 1.82) is 0 Å². The maximum absolute atomic E-state index is 13.2. The van der Waals surface area contributed by atoms with E-state index in [1.54, 1.807) is 0 Å². The second-order valence-electron chi connectivity index (χ2n) is 8.00. The van der Waals surface area contributed by atoms with E-state index < -0.39 is 0 Å². The minimum atomic E-state index is -0.203. The van der Waals surface area contributed by atoms with Crippen LogP contribution < -0.4 is 5.73 Å². The van der Waals surface area contributed by atoms with Gasteiger partial charge in [-0.05, 0) is 54.1 Å². The second kappa shape index (κ2) is 8.32. The molecule has 1 aliphatic heterocycles. The Balaban J connectivity index is 1.28. The first-order chi connectivity index (χ1) is 15.1. The van der Waals surface area contributed by atoms with Crippen molar-refractivity contribution < 1.29 is 4.39 Å². The van der Waals surface area contributed by atoms with Gasteiger partial charge >= 0.3 is 0 Å². The summed E-state index contributed by atoms with van der Waals surface area (Å²) in [6, 6.07) is 18.6. The maximum atomic E-state index is 13.2. The second-order valence-corrected chi connectivity index (χ2v) is 8.00. The molecule has 4 aromatic rings. The molecule has 0 radical (unpaired) electrons. The molecule has 0 spiro atoms. The van der Waals surface area contributed by atoms with Gasteiger partial charge in [-0.3, -0.25) is 4.90 Å². The van der Waals surface area contributed by atoms with Gasteiger partial charge in [0.25, 0.3) is 0 Å². The summed E-state index contributed by atoms with van der Waals surface area (Å²) in [5.41, 5.74) is 12.1. The van der Waals surface area contributed by atoms with E-state index in [0.717, 1.165) is 60.9 Å². The lowest BCUT2D eigenvalue weighted by molar-refractivity contribution is 0.237. The van der Waals surface area contributed by atoms with Crippen LogP contribution in [0.5, 0.6) is 0 Å². The number of halogens is 1. The van der Waals surface area contributed by atoms with E-state index in [9.17, 15) is 4.39 Å². The van der Waals surface area contributed by atoms with E-state index in [0.29, 0.717) is 0 Å². The van der Waals surface area contributed by atoms with Gasteiger partial charge in [0, 0.05) is 67.5 Å². The van der Waals surface area contributed by atoms with Crippen molar-refractivity contribution in [1.82, 2.24) is 19.4 Å². The minimum Gasteiger partial charge on any atom is -0.399 e. The molecule has 1 aliphatic rings. The molecule has 0 atom stereocenters. The van der Waals surface area contributed by atoms with Crippen LogP contribution in [0.15, 0.2) is 73.1 Å². The number of anilines is 1. The molecule has 0 unspecified atom stereocenters. The maximum Gasteiger partial charge on any atom is 0.159 e. The zero-order chi connectivity index (χ0) is 21.2. The number of aromatic nitrogens is 3. The van der Waals surface area contributed by atoms with E-state index in [4.69, 9.17) is 10.7 Å². The molecule has 6 heteroatoms. The van der Waals surface area contributed by atoms with Crippen LogP contribution in [0.1, 0.15) is 22.5 Å². The lowest BCUT2D eigenvalue weighted by atomic mass is 10.1. The molecule has 0 saturated heterocycles. The van der Waals surface area contributed by atoms with E-state index in [-0.39, 0.29) is 5.82 Å². The van der Waals surface area contributed by atoms with Crippen LogP contribution in [-0.2, 0) is 26.1 Å². The van der Waals surface area contributed by atoms with Gasteiger partial charge in [0.15, 0.2) is 5.82 Å². The first kappa shape index (κ1) is 19.5. The Morgan fingerprint density at radius 1 is 0.968 bits per heavy atom. The Morgan fingerprint density at radius 2 is 1.77 bits per heavy atom. The Kier molecular flexibility index (Phi) is 5.22. The number of hydrogen-bond donors (Lipinski definition) is 1. The van der Waals surface area contributed by atoms with Gasteiger partial charge in [-0.15, -0.1) is 0 Å². The zero-order valence-corrected chi connectivity index (χ0v) is 17.2. The number of nitrogens with two attached hydrogens (primary N) is 1. The van der Waals surface area contributed by atoms with E-state index in [1.165, 1.54) is 23.4 Å². The van der Waals surface area contributed by atoms with Crippen LogP contribution in [0.2, 0.25) is 0 Å². The topological polar surface area (TPSA) is 60.0 Å². The van der Waals surface area contributed by atoms with Crippen LogP contribution in [0, 0.1) is 5.82 Å². The number of nitrogens with zero attached hydrogens (tertiary/aromatic N) is 4. The molecule has 0 fully saturated rings. The zero-order valence-electron chi connectivity index (χ0n) is 17.2. The fraction of sp³-hybridized carbons (Fsp3) is 0.200. The molecule has 3 heterocycles. The first-order valence-corrected chi connectivity index (χ1v) is 10.5. The standard InChI is InChI=1S/C25H24FN5/c26-21-7-3-18(4-8-21)15-31-12-1-2-23(31)17-30-13-11-24-20(16-30)14-28-25(29-24)19-5-9-22(27)10-6-19/h1-10,12,14H,11,13,15-17,27H2. The van der Waals surface area contributed by atoms with Crippen LogP contribution in [0.4, 0.5) is 10.1 Å². The number of nitrogen functional groups attached to an aromatic ring is 1. The highest BCUT2D eigenvalue weighted by Crippen LogP contribution is 2.23. The fourth-order valence-corrected chi connectivity index (χ4v) is 4.04. The summed E-state index contributed by atoms with van der Waals surface area (Å²) in [7, 11) is 0. The summed E-state index contributed by atoms with van der Waals surface area (Å²) in [6.07, 6.45) is 4.94. The molecule has 2 aromatic heterocycles. The highest BCUT2D eigenvalue weighted by atomic mass is 19.1. The molecule has 2 N–H and O–H groups in total. The van der Waals surface area contributed by atoms with Crippen LogP contribution in [-0.4, -0.2) is 26.0 Å². The quantitative estimate of drug-likeness (QED) is 0.497. The van der Waals surface area contributed by atoms with Gasteiger partial charge in [-0.2, -0.15) is 0 Å². The van der Waals surface area contributed by atoms with Crippen molar-refractivity contribution >= 4 is 5.69 Å². The van der Waals surface area contributed by atoms with Crippen molar-refractivity contribution in [2.75, 3.05) is 12.3 Å². The first-order valence-electron chi connectivity index (χ1n) is 10.5. The number of rotatable bonds is 5. The van der Waals surface area contributed by atoms with Crippen molar-refractivity contribution in [2.24, 2.45) is 0 Å². The van der Waals surface area contributed by atoms with Gasteiger partial charge in [-0.25, -0.2) is 14.4 Å². The molecule has 5 rings (SSSR count). The molecule has 156 valence electrons. The van der Waals surface area contributed by atoms with Crippen LogP contribution >= 0.6 is 0 Å². The van der Waals surface area contributed by atoms with E-state index in [1.807, 2.05) is 42.6 Å². The Morgan fingerprint density at radius 3 is 2.58 bits per heavy atom. The largest absolute Gasteiger partial charge is 0.399 e. The lowest BCUT2D eigenvalue weighted by Gasteiger charge is -2.28. The van der Waals surface area contributed by atoms with E-state index >= 15 is 0 Å². The molecular weight excluding hydrogens is 389 g/mol. The smallest absolute Gasteiger partial charge is 0.159 e. The highest BCUT2D eigenvalue weighted by Gasteiger charge is 2.20.